The number of aryl methyl sites for hydroxylation is 1. The van der Waals surface area contributed by atoms with Gasteiger partial charge in [0.15, 0.2) is 5.65 Å². The van der Waals surface area contributed by atoms with Crippen molar-refractivity contribution in [3.8, 4) is 0 Å². The highest BCUT2D eigenvalue weighted by atomic mass is 32.1. The van der Waals surface area contributed by atoms with E-state index in [9.17, 15) is 4.79 Å². The van der Waals surface area contributed by atoms with E-state index < -0.39 is 0 Å². The summed E-state index contributed by atoms with van der Waals surface area (Å²) in [6.45, 7) is 3.30. The van der Waals surface area contributed by atoms with Crippen LogP contribution in [0, 0.1) is 6.92 Å². The van der Waals surface area contributed by atoms with Crippen LogP contribution in [-0.2, 0) is 24.2 Å². The van der Waals surface area contributed by atoms with Gasteiger partial charge in [0.05, 0.1) is 11.4 Å². The van der Waals surface area contributed by atoms with Crippen molar-refractivity contribution in [1.29, 1.82) is 0 Å². The Morgan fingerprint density at radius 2 is 2.30 bits per heavy atom. The maximum atomic E-state index is 12.5. The third-order valence-corrected chi connectivity index (χ3v) is 5.00. The normalized spacial score (nSPS) is 14.0. The molecule has 23 heavy (non-hydrogen) atoms. The van der Waals surface area contributed by atoms with E-state index in [1.165, 1.54) is 0 Å². The molecule has 0 atom stereocenters. The molecule has 0 bridgehead atoms. The lowest BCUT2D eigenvalue weighted by Gasteiger charge is -2.28. The minimum Gasteiger partial charge on any atom is -0.338 e. The van der Waals surface area contributed by atoms with Crippen LogP contribution in [0.3, 0.4) is 0 Å². The van der Waals surface area contributed by atoms with Gasteiger partial charge in [0, 0.05) is 47.9 Å². The number of hydrogen-bond acceptors (Lipinski definition) is 5. The number of nitrogens with zero attached hydrogens (tertiary/aromatic N) is 4. The van der Waals surface area contributed by atoms with Gasteiger partial charge in [-0.15, -0.1) is 11.3 Å². The van der Waals surface area contributed by atoms with Crippen LogP contribution in [0.4, 0.5) is 0 Å². The van der Waals surface area contributed by atoms with Gasteiger partial charge in [-0.2, -0.15) is 0 Å². The molecule has 5 nitrogen and oxygen atoms in total. The summed E-state index contributed by atoms with van der Waals surface area (Å²) in [5.74, 6) is 0.158. The number of pyridine rings is 2. The van der Waals surface area contributed by atoms with Crippen LogP contribution in [0.15, 0.2) is 30.6 Å². The van der Waals surface area contributed by atoms with E-state index in [0.29, 0.717) is 13.0 Å². The van der Waals surface area contributed by atoms with E-state index in [1.807, 2.05) is 24.0 Å². The first-order valence-corrected chi connectivity index (χ1v) is 8.43. The number of thiazole rings is 1. The Balaban J connectivity index is 1.55. The van der Waals surface area contributed by atoms with Crippen molar-refractivity contribution in [2.75, 3.05) is 6.54 Å². The molecule has 1 aliphatic rings. The molecule has 1 aliphatic heterocycles. The van der Waals surface area contributed by atoms with E-state index in [0.717, 1.165) is 45.1 Å². The smallest absolute Gasteiger partial charge is 0.228 e. The fourth-order valence-corrected chi connectivity index (χ4v) is 3.71. The maximum absolute atomic E-state index is 12.5. The molecule has 6 heteroatoms. The van der Waals surface area contributed by atoms with Crippen molar-refractivity contribution in [3.63, 3.8) is 0 Å². The summed E-state index contributed by atoms with van der Waals surface area (Å²) in [5, 5.41) is 2.03. The quantitative estimate of drug-likeness (QED) is 0.727. The van der Waals surface area contributed by atoms with Gasteiger partial charge >= 0.3 is 0 Å². The Hall–Kier alpha value is -2.34. The van der Waals surface area contributed by atoms with Gasteiger partial charge in [-0.25, -0.2) is 15.0 Å². The fourth-order valence-electron chi connectivity index (χ4n) is 2.93. The van der Waals surface area contributed by atoms with Crippen LogP contribution < -0.4 is 0 Å². The van der Waals surface area contributed by atoms with Gasteiger partial charge in [-0.1, -0.05) is 0 Å². The molecule has 0 aromatic carbocycles. The minimum absolute atomic E-state index is 0.158. The molecule has 0 fully saturated rings. The van der Waals surface area contributed by atoms with E-state index in [1.54, 1.807) is 23.7 Å². The predicted molar refractivity (Wildman–Crippen MR) is 89.2 cm³/mol. The summed E-state index contributed by atoms with van der Waals surface area (Å²) in [5.41, 5.74) is 2.98. The summed E-state index contributed by atoms with van der Waals surface area (Å²) in [7, 11) is 0. The van der Waals surface area contributed by atoms with Gasteiger partial charge in [-0.3, -0.25) is 4.79 Å². The van der Waals surface area contributed by atoms with Gasteiger partial charge < -0.3 is 4.90 Å². The molecule has 0 saturated heterocycles. The Bertz CT molecular complexity index is 889. The molecule has 3 aromatic rings. The molecule has 3 aromatic heterocycles. The van der Waals surface area contributed by atoms with Crippen LogP contribution >= 0.6 is 11.3 Å². The molecule has 0 unspecified atom stereocenters. The van der Waals surface area contributed by atoms with Crippen molar-refractivity contribution in [3.05, 3.63) is 51.7 Å². The van der Waals surface area contributed by atoms with E-state index in [4.69, 9.17) is 0 Å². The fraction of sp³-hybridized carbons (Fsp3) is 0.294. The standard InChI is InChI=1S/C17H16N4OS/c1-11-19-9-14(23-11)8-16(22)21-6-4-15-13(10-21)7-12-3-2-5-18-17(12)20-15/h2-3,5,7,9H,4,6,8,10H2,1H3. The second-order valence-corrected chi connectivity index (χ2v) is 7.05. The summed E-state index contributed by atoms with van der Waals surface area (Å²) < 4.78 is 0. The van der Waals surface area contributed by atoms with Gasteiger partial charge in [0.25, 0.3) is 0 Å². The topological polar surface area (TPSA) is 59.0 Å². The van der Waals surface area contributed by atoms with Crippen molar-refractivity contribution in [2.45, 2.75) is 26.3 Å². The van der Waals surface area contributed by atoms with Crippen molar-refractivity contribution in [2.24, 2.45) is 0 Å². The van der Waals surface area contributed by atoms with Gasteiger partial charge in [-0.05, 0) is 30.7 Å². The number of carbonyl (C=O) groups is 1. The van der Waals surface area contributed by atoms with Crippen LogP contribution in [0.1, 0.15) is 21.1 Å². The Kier molecular flexibility index (Phi) is 3.53. The number of hydrogen-bond donors (Lipinski definition) is 0. The summed E-state index contributed by atoms with van der Waals surface area (Å²) in [4.78, 5) is 28.6. The molecule has 116 valence electrons. The number of rotatable bonds is 2. The van der Waals surface area contributed by atoms with Crippen molar-refractivity contribution < 1.29 is 4.79 Å². The number of amides is 1. The van der Waals surface area contributed by atoms with Gasteiger partial charge in [0.1, 0.15) is 0 Å². The largest absolute Gasteiger partial charge is 0.338 e. The molecule has 0 N–H and O–H groups in total. The third kappa shape index (κ3) is 2.82. The minimum atomic E-state index is 0.158. The molecule has 0 spiro atoms. The number of aromatic nitrogens is 3. The molecular formula is C17H16N4OS. The molecule has 4 heterocycles. The first kappa shape index (κ1) is 14.3. The highest BCUT2D eigenvalue weighted by Gasteiger charge is 2.22. The lowest BCUT2D eigenvalue weighted by molar-refractivity contribution is -0.131. The lowest BCUT2D eigenvalue weighted by atomic mass is 10.0. The maximum Gasteiger partial charge on any atom is 0.228 e. The molecular weight excluding hydrogens is 308 g/mol. The Labute approximate surface area is 138 Å². The van der Waals surface area contributed by atoms with E-state index >= 15 is 0 Å². The average Bonchev–Trinajstić information content (AvgIpc) is 2.97. The predicted octanol–water partition coefficient (Wildman–Crippen LogP) is 2.52. The van der Waals surface area contributed by atoms with Crippen LogP contribution in [0.25, 0.3) is 11.0 Å². The molecule has 0 aliphatic carbocycles. The first-order chi connectivity index (χ1) is 11.2. The van der Waals surface area contributed by atoms with Crippen LogP contribution in [0.2, 0.25) is 0 Å². The third-order valence-electron chi connectivity index (χ3n) is 4.09. The summed E-state index contributed by atoms with van der Waals surface area (Å²) in [6, 6.07) is 6.03. The van der Waals surface area contributed by atoms with Crippen molar-refractivity contribution >= 4 is 28.3 Å². The van der Waals surface area contributed by atoms with E-state index in [2.05, 4.69) is 21.0 Å². The lowest BCUT2D eigenvalue weighted by Crippen LogP contribution is -2.37. The zero-order valence-electron chi connectivity index (χ0n) is 12.8. The molecule has 0 saturated carbocycles. The van der Waals surface area contributed by atoms with Gasteiger partial charge in [0.2, 0.25) is 5.91 Å². The summed E-state index contributed by atoms with van der Waals surface area (Å²) in [6.07, 6.45) is 4.78. The monoisotopic (exact) mass is 324 g/mol. The van der Waals surface area contributed by atoms with Crippen LogP contribution in [-0.4, -0.2) is 32.3 Å². The second-order valence-electron chi connectivity index (χ2n) is 5.73. The number of fused-ring (bicyclic) bond motifs is 2. The molecule has 4 rings (SSSR count). The molecule has 1 amide bonds. The highest BCUT2D eigenvalue weighted by molar-refractivity contribution is 7.11. The van der Waals surface area contributed by atoms with E-state index in [-0.39, 0.29) is 5.91 Å². The second kappa shape index (κ2) is 5.70. The van der Waals surface area contributed by atoms with Crippen molar-refractivity contribution in [1.82, 2.24) is 19.9 Å². The zero-order valence-corrected chi connectivity index (χ0v) is 13.6. The number of carbonyl (C=O) groups excluding carboxylic acids is 1. The molecule has 0 radical (unpaired) electrons. The average molecular weight is 324 g/mol. The SMILES string of the molecule is Cc1ncc(CC(=O)N2CCc3nc4ncccc4cc3C2)s1. The Morgan fingerprint density at radius 3 is 3.13 bits per heavy atom. The first-order valence-electron chi connectivity index (χ1n) is 7.61. The highest BCUT2D eigenvalue weighted by Crippen LogP contribution is 2.22. The zero-order chi connectivity index (χ0) is 15.8. The van der Waals surface area contributed by atoms with Crippen LogP contribution in [0.5, 0.6) is 0 Å². The Morgan fingerprint density at radius 1 is 1.39 bits per heavy atom. The summed E-state index contributed by atoms with van der Waals surface area (Å²) >= 11 is 1.59.